The second-order valence-electron chi connectivity index (χ2n) is 5.49. The van der Waals surface area contributed by atoms with Gasteiger partial charge in [-0.15, -0.1) is 10.2 Å². The van der Waals surface area contributed by atoms with E-state index in [0.717, 1.165) is 16.8 Å². The lowest BCUT2D eigenvalue weighted by Crippen LogP contribution is -2.15. The van der Waals surface area contributed by atoms with Crippen LogP contribution in [0.3, 0.4) is 0 Å². The monoisotopic (exact) mass is 326 g/mol. The zero-order valence-electron chi connectivity index (χ0n) is 13.1. The number of carbonyl (C=O) groups is 1. The molecule has 0 aliphatic carbocycles. The Morgan fingerprint density at radius 3 is 2.67 bits per heavy atom. The molecule has 0 bridgehead atoms. The van der Waals surface area contributed by atoms with E-state index in [1.54, 1.807) is 6.92 Å². The van der Waals surface area contributed by atoms with Crippen molar-refractivity contribution in [2.45, 2.75) is 13.8 Å². The largest absolute Gasteiger partial charge is 0.486 e. The van der Waals surface area contributed by atoms with Crippen LogP contribution in [0.1, 0.15) is 21.9 Å². The standard InChI is InChI=1S/C16H14N4O4/c1-8-13(10-3-4-11-12(7-10)24-6-5-23-11)15-18-17-14(16(21)22)9(2)20(15)19-8/h3-4,7H,5-6H2,1-2H3,(H,21,22). The third-order valence-corrected chi connectivity index (χ3v) is 3.97. The van der Waals surface area contributed by atoms with Gasteiger partial charge in [0.25, 0.3) is 0 Å². The Morgan fingerprint density at radius 2 is 1.92 bits per heavy atom. The number of carboxylic acids is 1. The molecule has 1 N–H and O–H groups in total. The Morgan fingerprint density at radius 1 is 1.17 bits per heavy atom. The summed E-state index contributed by atoms with van der Waals surface area (Å²) < 4.78 is 12.7. The molecule has 8 nitrogen and oxygen atoms in total. The van der Waals surface area contributed by atoms with Gasteiger partial charge in [0.05, 0.1) is 17.0 Å². The first kappa shape index (κ1) is 14.4. The highest BCUT2D eigenvalue weighted by Crippen LogP contribution is 2.36. The molecule has 0 unspecified atom stereocenters. The number of aromatic carboxylic acids is 1. The first-order valence-corrected chi connectivity index (χ1v) is 7.42. The van der Waals surface area contributed by atoms with E-state index >= 15 is 0 Å². The quantitative estimate of drug-likeness (QED) is 0.767. The molecule has 0 radical (unpaired) electrons. The Balaban J connectivity index is 1.92. The normalized spacial score (nSPS) is 13.2. The van der Waals surface area contributed by atoms with Crippen LogP contribution in [0.25, 0.3) is 16.8 Å². The summed E-state index contributed by atoms with van der Waals surface area (Å²) in [6.45, 7) is 4.54. The smallest absolute Gasteiger partial charge is 0.358 e. The van der Waals surface area contributed by atoms with Crippen molar-refractivity contribution in [3.05, 3.63) is 35.3 Å². The van der Waals surface area contributed by atoms with Gasteiger partial charge in [-0.2, -0.15) is 5.10 Å². The molecule has 1 aliphatic rings. The van der Waals surface area contributed by atoms with Crippen LogP contribution in [-0.2, 0) is 0 Å². The minimum atomic E-state index is -1.13. The number of rotatable bonds is 2. The highest BCUT2D eigenvalue weighted by atomic mass is 16.6. The van der Waals surface area contributed by atoms with Gasteiger partial charge in [-0.05, 0) is 31.5 Å². The fourth-order valence-corrected chi connectivity index (χ4v) is 2.85. The number of benzene rings is 1. The number of aryl methyl sites for hydroxylation is 2. The molecule has 0 atom stereocenters. The summed E-state index contributed by atoms with van der Waals surface area (Å²) in [4.78, 5) is 11.2. The van der Waals surface area contributed by atoms with Crippen molar-refractivity contribution in [1.82, 2.24) is 19.8 Å². The molecule has 0 saturated heterocycles. The summed E-state index contributed by atoms with van der Waals surface area (Å²) >= 11 is 0. The topological polar surface area (TPSA) is 98.8 Å². The molecule has 3 heterocycles. The van der Waals surface area contributed by atoms with Gasteiger partial charge in [0.2, 0.25) is 0 Å². The van der Waals surface area contributed by atoms with Crippen molar-refractivity contribution < 1.29 is 19.4 Å². The number of hydrogen-bond acceptors (Lipinski definition) is 6. The Bertz CT molecular complexity index is 980. The number of aromatic nitrogens is 4. The molecule has 2 aromatic heterocycles. The lowest BCUT2D eigenvalue weighted by Gasteiger charge is -2.18. The van der Waals surface area contributed by atoms with E-state index in [0.29, 0.717) is 36.1 Å². The summed E-state index contributed by atoms with van der Waals surface area (Å²) in [6.07, 6.45) is 0. The van der Waals surface area contributed by atoms with Gasteiger partial charge >= 0.3 is 5.97 Å². The second-order valence-corrected chi connectivity index (χ2v) is 5.49. The maximum atomic E-state index is 11.2. The third kappa shape index (κ3) is 2.07. The highest BCUT2D eigenvalue weighted by molar-refractivity contribution is 5.87. The van der Waals surface area contributed by atoms with Crippen LogP contribution in [0.5, 0.6) is 11.5 Å². The van der Waals surface area contributed by atoms with Crippen LogP contribution in [0, 0.1) is 13.8 Å². The fraction of sp³-hybridized carbons (Fsp3) is 0.250. The van der Waals surface area contributed by atoms with E-state index < -0.39 is 5.97 Å². The Labute approximate surface area is 136 Å². The van der Waals surface area contributed by atoms with Gasteiger partial charge < -0.3 is 14.6 Å². The van der Waals surface area contributed by atoms with E-state index in [-0.39, 0.29) is 5.69 Å². The van der Waals surface area contributed by atoms with Gasteiger partial charge in [0.15, 0.2) is 22.8 Å². The molecule has 122 valence electrons. The zero-order valence-corrected chi connectivity index (χ0v) is 13.1. The van der Waals surface area contributed by atoms with Crippen LogP contribution in [0.2, 0.25) is 0 Å². The molecule has 4 rings (SSSR count). The number of ether oxygens (including phenoxy) is 2. The lowest BCUT2D eigenvalue weighted by molar-refractivity contribution is 0.0687. The molecule has 1 aromatic carbocycles. The van der Waals surface area contributed by atoms with Gasteiger partial charge in [0, 0.05) is 0 Å². The molecular weight excluding hydrogens is 312 g/mol. The summed E-state index contributed by atoms with van der Waals surface area (Å²) in [6, 6.07) is 5.62. The molecule has 24 heavy (non-hydrogen) atoms. The third-order valence-electron chi connectivity index (χ3n) is 3.97. The Kier molecular flexibility index (Phi) is 3.12. The van der Waals surface area contributed by atoms with Crippen molar-refractivity contribution in [3.63, 3.8) is 0 Å². The molecule has 0 fully saturated rings. The van der Waals surface area contributed by atoms with E-state index in [1.165, 1.54) is 4.52 Å². The van der Waals surface area contributed by atoms with Crippen molar-refractivity contribution in [2.24, 2.45) is 0 Å². The summed E-state index contributed by atoms with van der Waals surface area (Å²) in [5.74, 6) is 0.245. The van der Waals surface area contributed by atoms with E-state index in [2.05, 4.69) is 15.3 Å². The number of hydrogen-bond donors (Lipinski definition) is 1. The lowest BCUT2D eigenvalue weighted by atomic mass is 10.1. The van der Waals surface area contributed by atoms with Crippen LogP contribution >= 0.6 is 0 Å². The first-order chi connectivity index (χ1) is 11.6. The Hall–Kier alpha value is -3.16. The van der Waals surface area contributed by atoms with E-state index in [1.807, 2.05) is 25.1 Å². The predicted molar refractivity (Wildman–Crippen MR) is 83.6 cm³/mol. The average Bonchev–Trinajstić information content (AvgIpc) is 2.91. The molecule has 0 saturated carbocycles. The molecule has 0 spiro atoms. The van der Waals surface area contributed by atoms with Gasteiger partial charge in [-0.25, -0.2) is 9.31 Å². The van der Waals surface area contributed by atoms with Crippen LogP contribution in [0.15, 0.2) is 18.2 Å². The van der Waals surface area contributed by atoms with Gasteiger partial charge in [0.1, 0.15) is 13.2 Å². The average molecular weight is 326 g/mol. The van der Waals surface area contributed by atoms with Gasteiger partial charge in [-0.3, -0.25) is 0 Å². The van der Waals surface area contributed by atoms with E-state index in [4.69, 9.17) is 9.47 Å². The fourth-order valence-electron chi connectivity index (χ4n) is 2.85. The van der Waals surface area contributed by atoms with E-state index in [9.17, 15) is 9.90 Å². The second kappa shape index (κ2) is 5.19. The van der Waals surface area contributed by atoms with Crippen molar-refractivity contribution in [2.75, 3.05) is 13.2 Å². The van der Waals surface area contributed by atoms with Crippen LogP contribution < -0.4 is 9.47 Å². The highest BCUT2D eigenvalue weighted by Gasteiger charge is 2.21. The predicted octanol–water partition coefficient (Wildman–Crippen LogP) is 1.88. The van der Waals surface area contributed by atoms with Gasteiger partial charge in [-0.1, -0.05) is 6.07 Å². The number of nitrogens with zero attached hydrogens (tertiary/aromatic N) is 4. The maximum absolute atomic E-state index is 11.2. The maximum Gasteiger partial charge on any atom is 0.358 e. The molecular formula is C16H14N4O4. The number of fused-ring (bicyclic) bond motifs is 2. The van der Waals surface area contributed by atoms with Crippen LogP contribution in [-0.4, -0.2) is 44.1 Å². The zero-order chi connectivity index (χ0) is 16.8. The minimum absolute atomic E-state index is 0.112. The summed E-state index contributed by atoms with van der Waals surface area (Å²) in [5.41, 5.74) is 3.21. The molecule has 8 heteroatoms. The van der Waals surface area contributed by atoms with Crippen LogP contribution in [0.4, 0.5) is 0 Å². The van der Waals surface area contributed by atoms with Crippen molar-refractivity contribution in [1.29, 1.82) is 0 Å². The number of carboxylic acid groups (broad SMARTS) is 1. The molecule has 1 aliphatic heterocycles. The first-order valence-electron chi connectivity index (χ1n) is 7.42. The molecule has 0 amide bonds. The summed E-state index contributed by atoms with van der Waals surface area (Å²) in [5, 5.41) is 21.5. The SMILES string of the molecule is Cc1nn2c(C)c(C(=O)O)nnc2c1-c1ccc2c(c1)OCCO2. The van der Waals surface area contributed by atoms with Crippen molar-refractivity contribution in [3.8, 4) is 22.6 Å². The molecule has 3 aromatic rings. The minimum Gasteiger partial charge on any atom is -0.486 e. The van der Waals surface area contributed by atoms with Crippen molar-refractivity contribution >= 4 is 11.6 Å². The summed E-state index contributed by atoms with van der Waals surface area (Å²) in [7, 11) is 0.